The number of benzene rings is 3. The van der Waals surface area contributed by atoms with Crippen LogP contribution in [-0.4, -0.2) is 61.1 Å². The molecule has 0 amide bonds. The van der Waals surface area contributed by atoms with Crippen LogP contribution in [0, 0.1) is 25.2 Å². The topological polar surface area (TPSA) is 204 Å². The summed E-state index contributed by atoms with van der Waals surface area (Å²) in [5.41, 5.74) is 8.44. The van der Waals surface area contributed by atoms with Gasteiger partial charge in [-0.3, -0.25) is 19.6 Å². The number of aliphatic carboxylic acids is 2. The summed E-state index contributed by atoms with van der Waals surface area (Å²) in [7, 11) is 0. The van der Waals surface area contributed by atoms with Crippen LogP contribution in [-0.2, 0) is 42.4 Å². The Balaban J connectivity index is 1.26. The first-order valence-corrected chi connectivity index (χ1v) is 19.5. The van der Waals surface area contributed by atoms with Gasteiger partial charge in [0.25, 0.3) is 0 Å². The number of nitrogens with one attached hydrogen (secondary N) is 1. The van der Waals surface area contributed by atoms with E-state index < -0.39 is 24.1 Å². The van der Waals surface area contributed by atoms with Gasteiger partial charge in [0, 0.05) is 43.3 Å². The zero-order chi connectivity index (χ0) is 42.3. The summed E-state index contributed by atoms with van der Waals surface area (Å²) in [5.74, 6) is -0.481. The third kappa shape index (κ3) is 13.2. The number of hydrogen-bond donors (Lipinski definition) is 5. The van der Waals surface area contributed by atoms with Crippen LogP contribution in [0.2, 0.25) is 5.02 Å². The lowest BCUT2D eigenvalue weighted by atomic mass is 9.93. The highest BCUT2D eigenvalue weighted by Crippen LogP contribution is 2.37. The van der Waals surface area contributed by atoms with Crippen LogP contribution < -0.4 is 19.5 Å². The van der Waals surface area contributed by atoms with E-state index in [4.69, 9.17) is 36.0 Å². The maximum Gasteiger partial charge on any atom is 0.306 e. The molecule has 0 spiro atoms. The van der Waals surface area contributed by atoms with Gasteiger partial charge in [0.05, 0.1) is 41.3 Å². The Morgan fingerprint density at radius 3 is 2.22 bits per heavy atom. The van der Waals surface area contributed by atoms with E-state index in [1.165, 1.54) is 6.20 Å². The van der Waals surface area contributed by atoms with E-state index in [-0.39, 0.29) is 45.6 Å². The van der Waals surface area contributed by atoms with Crippen molar-refractivity contribution in [2.75, 3.05) is 6.54 Å². The van der Waals surface area contributed by atoms with Crippen molar-refractivity contribution in [1.29, 1.82) is 5.26 Å². The first-order valence-electron chi connectivity index (χ1n) is 19.1. The molecule has 0 saturated heterocycles. The van der Waals surface area contributed by atoms with Gasteiger partial charge in [-0.1, -0.05) is 48.0 Å². The summed E-state index contributed by atoms with van der Waals surface area (Å²) < 4.78 is 18.8. The van der Waals surface area contributed by atoms with Crippen molar-refractivity contribution in [3.8, 4) is 34.4 Å². The number of rotatable bonds is 22. The number of aromatic nitrogens is 2. The number of ether oxygens (including phenoxy) is 3. The van der Waals surface area contributed by atoms with Gasteiger partial charge in [-0.15, -0.1) is 0 Å². The maximum atomic E-state index is 11.0. The molecule has 0 aliphatic carbocycles. The minimum absolute atomic E-state index is 0.132. The van der Waals surface area contributed by atoms with Crippen molar-refractivity contribution in [3.63, 3.8) is 0 Å². The molecule has 0 aliphatic heterocycles. The van der Waals surface area contributed by atoms with Crippen molar-refractivity contribution in [3.05, 3.63) is 135 Å². The second-order valence-corrected chi connectivity index (χ2v) is 14.6. The lowest BCUT2D eigenvalue weighted by Crippen LogP contribution is -2.28. The number of carbonyl (C=O) groups is 2. The Labute approximate surface area is 347 Å². The van der Waals surface area contributed by atoms with Gasteiger partial charge in [-0.05, 0) is 96.3 Å². The Morgan fingerprint density at radius 2 is 1.49 bits per heavy atom. The number of carboxylic acids is 2. The lowest BCUT2D eigenvalue weighted by Gasteiger charge is -2.18. The maximum absolute atomic E-state index is 11.0. The number of aryl methyl sites for hydroxylation is 1. The smallest absolute Gasteiger partial charge is 0.306 e. The highest BCUT2D eigenvalue weighted by molar-refractivity contribution is 6.32. The number of pyridine rings is 2. The molecule has 308 valence electrons. The molecule has 59 heavy (non-hydrogen) atoms. The highest BCUT2D eigenvalue weighted by Gasteiger charge is 2.17. The molecular formula is C45H47ClN4O9. The number of nitrogens with zero attached hydrogens (tertiary/aromatic N) is 3. The second kappa shape index (κ2) is 21.6. The molecule has 2 atom stereocenters. The fourth-order valence-electron chi connectivity index (χ4n) is 6.44. The van der Waals surface area contributed by atoms with Crippen molar-refractivity contribution in [2.45, 2.75) is 84.5 Å². The Morgan fingerprint density at radius 1 is 0.780 bits per heavy atom. The SMILES string of the molecule is Cc1c(COc2cc(OCc3cncc(C#N)c3)c(CCC[C@@H](O)CC(=O)O)cc2Cl)cccc1-c1cccc(OCc2ccc(CNC[C@@H](O)CC(=O)O)cn2)c1C. The molecule has 14 heteroatoms. The number of halogens is 1. The van der Waals surface area contributed by atoms with E-state index in [0.717, 1.165) is 50.4 Å². The minimum Gasteiger partial charge on any atom is -0.488 e. The molecule has 0 saturated carbocycles. The molecule has 5 N–H and O–H groups in total. The van der Waals surface area contributed by atoms with E-state index in [2.05, 4.69) is 27.4 Å². The number of hydrogen-bond acceptors (Lipinski definition) is 11. The number of aliphatic hydroxyl groups excluding tert-OH is 2. The monoisotopic (exact) mass is 822 g/mol. The largest absolute Gasteiger partial charge is 0.488 e. The van der Waals surface area contributed by atoms with Gasteiger partial charge < -0.3 is 40.0 Å². The first kappa shape index (κ1) is 44.1. The van der Waals surface area contributed by atoms with Gasteiger partial charge >= 0.3 is 11.9 Å². The average Bonchev–Trinajstić information content (AvgIpc) is 3.20. The van der Waals surface area contributed by atoms with Gasteiger partial charge in [0.1, 0.15) is 43.1 Å². The van der Waals surface area contributed by atoms with E-state index in [9.17, 15) is 25.1 Å². The molecule has 5 aromatic rings. The van der Waals surface area contributed by atoms with Crippen molar-refractivity contribution < 1.29 is 44.2 Å². The summed E-state index contributed by atoms with van der Waals surface area (Å²) >= 11 is 6.77. The molecular weight excluding hydrogens is 776 g/mol. The van der Waals surface area contributed by atoms with E-state index >= 15 is 0 Å². The average molecular weight is 823 g/mol. The first-order chi connectivity index (χ1) is 28.4. The minimum atomic E-state index is -1.06. The summed E-state index contributed by atoms with van der Waals surface area (Å²) in [6, 6.07) is 23.0. The zero-order valence-corrected chi connectivity index (χ0v) is 33.6. The van der Waals surface area contributed by atoms with Crippen LogP contribution in [0.5, 0.6) is 17.2 Å². The summed E-state index contributed by atoms with van der Waals surface area (Å²) in [6.45, 7) is 5.25. The molecule has 2 heterocycles. The third-order valence-corrected chi connectivity index (χ3v) is 9.91. The van der Waals surface area contributed by atoms with Crippen LogP contribution in [0.15, 0.2) is 85.3 Å². The van der Waals surface area contributed by atoms with Gasteiger partial charge in [0.15, 0.2) is 0 Å². The Kier molecular flexibility index (Phi) is 16.2. The van der Waals surface area contributed by atoms with Crippen LogP contribution in [0.1, 0.15) is 70.3 Å². The number of nitriles is 1. The van der Waals surface area contributed by atoms with Gasteiger partial charge in [0.2, 0.25) is 0 Å². The highest BCUT2D eigenvalue weighted by atomic mass is 35.5. The normalized spacial score (nSPS) is 12.0. The zero-order valence-electron chi connectivity index (χ0n) is 32.9. The van der Waals surface area contributed by atoms with Crippen LogP contribution in [0.3, 0.4) is 0 Å². The van der Waals surface area contributed by atoms with Crippen molar-refractivity contribution in [1.82, 2.24) is 15.3 Å². The van der Waals surface area contributed by atoms with E-state index in [1.807, 2.05) is 56.3 Å². The fourth-order valence-corrected chi connectivity index (χ4v) is 6.68. The molecule has 13 nitrogen and oxygen atoms in total. The Hall–Kier alpha value is -6.04. The molecule has 5 rings (SSSR count). The van der Waals surface area contributed by atoms with Crippen molar-refractivity contribution >= 4 is 23.5 Å². The van der Waals surface area contributed by atoms with E-state index in [0.29, 0.717) is 47.0 Å². The van der Waals surface area contributed by atoms with Crippen LogP contribution in [0.25, 0.3) is 11.1 Å². The molecule has 0 unspecified atom stereocenters. The lowest BCUT2D eigenvalue weighted by molar-refractivity contribution is -0.140. The third-order valence-electron chi connectivity index (χ3n) is 9.61. The Bertz CT molecular complexity index is 2260. The molecule has 0 aliphatic rings. The number of aliphatic hydroxyl groups is 2. The molecule has 0 radical (unpaired) electrons. The second-order valence-electron chi connectivity index (χ2n) is 14.2. The molecule has 0 fully saturated rings. The van der Waals surface area contributed by atoms with Gasteiger partial charge in [-0.25, -0.2) is 0 Å². The van der Waals surface area contributed by atoms with E-state index in [1.54, 1.807) is 30.6 Å². The summed E-state index contributed by atoms with van der Waals surface area (Å²) in [6.07, 6.45) is 3.49. The predicted molar refractivity (Wildman–Crippen MR) is 220 cm³/mol. The molecule has 0 bridgehead atoms. The summed E-state index contributed by atoms with van der Waals surface area (Å²) in [5, 5.41) is 50.4. The molecule has 2 aromatic heterocycles. The van der Waals surface area contributed by atoms with Gasteiger partial charge in [-0.2, -0.15) is 5.26 Å². The van der Waals surface area contributed by atoms with Crippen LogP contribution >= 0.6 is 11.6 Å². The summed E-state index contributed by atoms with van der Waals surface area (Å²) in [4.78, 5) is 30.4. The molecule has 3 aromatic carbocycles. The number of carboxylic acid groups (broad SMARTS) is 2. The fraction of sp³-hybridized carbons (Fsp3) is 0.311. The predicted octanol–water partition coefficient (Wildman–Crippen LogP) is 7.11. The van der Waals surface area contributed by atoms with Crippen molar-refractivity contribution in [2.24, 2.45) is 0 Å². The quantitative estimate of drug-likeness (QED) is 0.0473. The standard InChI is InChI=1S/C45H47ClN4O9/c1-28-34(26-58-43-18-42(57-25-32-14-31(19-47)21-48-22-32)33(15-40(43)46)6-3-8-36(51)16-44(53)54)7-4-9-38(28)39-10-5-11-41(29(39)2)59-27-35-13-12-30(23-50-35)20-49-24-37(52)17-45(55)56/h4-5,7,9-15,18,21-23,36-37,49,51-52H,3,6,8,16-17,20,24-27H2,1-2H3,(H,53,54)(H,55,56)/t36-,37+/m1/s1. The van der Waals surface area contributed by atoms with Crippen LogP contribution in [0.4, 0.5) is 0 Å².